The smallest absolute Gasteiger partial charge is 0.288 e. The Morgan fingerprint density at radius 3 is 2.95 bits per heavy atom. The number of aromatic nitrogens is 1. The molecule has 0 spiro atoms. The summed E-state index contributed by atoms with van der Waals surface area (Å²) in [6.07, 6.45) is 5.03. The molecule has 1 fully saturated rings. The molecular weight excluding hydrogens is 276 g/mol. The van der Waals surface area contributed by atoms with Gasteiger partial charge in [0, 0.05) is 19.2 Å². The van der Waals surface area contributed by atoms with Crippen molar-refractivity contribution in [1.82, 2.24) is 4.98 Å². The molecule has 0 saturated heterocycles. The fourth-order valence-corrected chi connectivity index (χ4v) is 2.54. The van der Waals surface area contributed by atoms with Crippen LogP contribution < -0.4 is 11.1 Å². The normalized spacial score (nSPS) is 21.8. The zero-order chi connectivity index (χ0) is 15.4. The van der Waals surface area contributed by atoms with Gasteiger partial charge in [0.1, 0.15) is 12.0 Å². The summed E-state index contributed by atoms with van der Waals surface area (Å²) in [5.74, 6) is -0.456. The van der Waals surface area contributed by atoms with Crippen molar-refractivity contribution in [3.05, 3.63) is 27.9 Å². The molecule has 2 rings (SSSR count). The fourth-order valence-electron chi connectivity index (χ4n) is 2.54. The molecule has 8 heteroatoms. The summed E-state index contributed by atoms with van der Waals surface area (Å²) >= 11 is 0. The summed E-state index contributed by atoms with van der Waals surface area (Å²) in [6.45, 7) is 0. The van der Waals surface area contributed by atoms with Crippen LogP contribution in [0, 0.1) is 10.1 Å². The standard InChI is InChI=1S/C13H18N4O4/c1-21-10-4-2-3-8(5-10)16-13-11(12(14)18)6-9(7-15-13)17(19)20/h6-8,10H,2-5H2,1H3,(H2,14,18)(H,15,16). The van der Waals surface area contributed by atoms with Gasteiger partial charge in [-0.15, -0.1) is 0 Å². The van der Waals surface area contributed by atoms with E-state index in [0.717, 1.165) is 37.9 Å². The molecule has 114 valence electrons. The van der Waals surface area contributed by atoms with Gasteiger partial charge in [0.2, 0.25) is 0 Å². The average Bonchev–Trinajstić information content (AvgIpc) is 2.47. The molecule has 1 heterocycles. The summed E-state index contributed by atoms with van der Waals surface area (Å²) in [5.41, 5.74) is 5.05. The second-order valence-electron chi connectivity index (χ2n) is 5.08. The van der Waals surface area contributed by atoms with Crippen molar-refractivity contribution in [2.24, 2.45) is 5.73 Å². The van der Waals surface area contributed by atoms with Gasteiger partial charge < -0.3 is 15.8 Å². The largest absolute Gasteiger partial charge is 0.381 e. The molecule has 21 heavy (non-hydrogen) atoms. The highest BCUT2D eigenvalue weighted by molar-refractivity contribution is 5.98. The van der Waals surface area contributed by atoms with E-state index >= 15 is 0 Å². The van der Waals surface area contributed by atoms with Gasteiger partial charge in [-0.3, -0.25) is 14.9 Å². The van der Waals surface area contributed by atoms with E-state index in [1.165, 1.54) is 0 Å². The molecule has 1 aliphatic carbocycles. The maximum atomic E-state index is 11.5. The lowest BCUT2D eigenvalue weighted by molar-refractivity contribution is -0.385. The maximum Gasteiger partial charge on any atom is 0.288 e. The van der Waals surface area contributed by atoms with Gasteiger partial charge in [-0.2, -0.15) is 0 Å². The van der Waals surface area contributed by atoms with Crippen molar-refractivity contribution in [2.75, 3.05) is 12.4 Å². The molecule has 1 aromatic heterocycles. The van der Waals surface area contributed by atoms with Crippen LogP contribution in [0.5, 0.6) is 0 Å². The number of pyridine rings is 1. The molecule has 1 amide bonds. The van der Waals surface area contributed by atoms with Crippen LogP contribution in [0.1, 0.15) is 36.0 Å². The van der Waals surface area contributed by atoms with Crippen LogP contribution in [0.25, 0.3) is 0 Å². The number of methoxy groups -OCH3 is 1. The Hall–Kier alpha value is -2.22. The van der Waals surface area contributed by atoms with E-state index in [1.807, 2.05) is 0 Å². The molecule has 0 aliphatic heterocycles. The van der Waals surface area contributed by atoms with E-state index in [9.17, 15) is 14.9 Å². The van der Waals surface area contributed by atoms with Crippen LogP contribution in [0.3, 0.4) is 0 Å². The van der Waals surface area contributed by atoms with Crippen LogP contribution in [-0.2, 0) is 4.74 Å². The minimum Gasteiger partial charge on any atom is -0.381 e. The van der Waals surface area contributed by atoms with E-state index in [2.05, 4.69) is 10.3 Å². The van der Waals surface area contributed by atoms with E-state index in [-0.39, 0.29) is 29.2 Å². The van der Waals surface area contributed by atoms with Crippen molar-refractivity contribution < 1.29 is 14.5 Å². The zero-order valence-electron chi connectivity index (χ0n) is 11.7. The van der Waals surface area contributed by atoms with Crippen molar-refractivity contribution in [3.8, 4) is 0 Å². The van der Waals surface area contributed by atoms with Crippen LogP contribution in [0.15, 0.2) is 12.3 Å². The summed E-state index contributed by atoms with van der Waals surface area (Å²) < 4.78 is 5.35. The van der Waals surface area contributed by atoms with Crippen molar-refractivity contribution in [1.29, 1.82) is 0 Å². The highest BCUT2D eigenvalue weighted by Gasteiger charge is 2.24. The molecule has 1 saturated carbocycles. The molecular formula is C13H18N4O4. The Labute approximate surface area is 121 Å². The SMILES string of the molecule is COC1CCCC(Nc2ncc([N+](=O)[O-])cc2C(N)=O)C1. The zero-order valence-corrected chi connectivity index (χ0v) is 11.7. The molecule has 0 bridgehead atoms. The van der Waals surface area contributed by atoms with Crippen LogP contribution in [0.2, 0.25) is 0 Å². The molecule has 0 aromatic carbocycles. The first-order valence-electron chi connectivity index (χ1n) is 6.75. The number of hydrogen-bond acceptors (Lipinski definition) is 6. The number of nitro groups is 1. The highest BCUT2D eigenvalue weighted by atomic mass is 16.6. The molecule has 8 nitrogen and oxygen atoms in total. The monoisotopic (exact) mass is 294 g/mol. The first kappa shape index (κ1) is 15.2. The second kappa shape index (κ2) is 6.49. The van der Waals surface area contributed by atoms with E-state index in [4.69, 9.17) is 10.5 Å². The number of primary amides is 1. The number of nitrogens with zero attached hydrogens (tertiary/aromatic N) is 2. The van der Waals surface area contributed by atoms with Gasteiger partial charge in [-0.25, -0.2) is 4.98 Å². The number of carbonyl (C=O) groups is 1. The molecule has 0 radical (unpaired) electrons. The predicted molar refractivity (Wildman–Crippen MR) is 76.1 cm³/mol. The number of hydrogen-bond donors (Lipinski definition) is 2. The molecule has 1 aliphatic rings. The Morgan fingerprint density at radius 2 is 2.33 bits per heavy atom. The van der Waals surface area contributed by atoms with Gasteiger partial charge in [0.25, 0.3) is 11.6 Å². The van der Waals surface area contributed by atoms with E-state index in [0.29, 0.717) is 0 Å². The van der Waals surface area contributed by atoms with Gasteiger partial charge in [-0.05, 0) is 25.7 Å². The van der Waals surface area contributed by atoms with Gasteiger partial charge in [0.15, 0.2) is 0 Å². The predicted octanol–water partition coefficient (Wildman–Crippen LogP) is 1.46. The topological polar surface area (TPSA) is 120 Å². The summed E-state index contributed by atoms with van der Waals surface area (Å²) in [7, 11) is 1.67. The molecule has 2 unspecified atom stereocenters. The highest BCUT2D eigenvalue weighted by Crippen LogP contribution is 2.25. The van der Waals surface area contributed by atoms with Gasteiger partial charge >= 0.3 is 0 Å². The number of rotatable bonds is 5. The number of anilines is 1. The number of nitrogens with two attached hydrogens (primary N) is 1. The summed E-state index contributed by atoms with van der Waals surface area (Å²) in [5, 5.41) is 13.9. The summed E-state index contributed by atoms with van der Waals surface area (Å²) in [4.78, 5) is 25.6. The number of ether oxygens (including phenoxy) is 1. The minimum atomic E-state index is -0.743. The van der Waals surface area contributed by atoms with Crippen LogP contribution >= 0.6 is 0 Å². The van der Waals surface area contributed by atoms with E-state index in [1.54, 1.807) is 7.11 Å². The second-order valence-corrected chi connectivity index (χ2v) is 5.08. The average molecular weight is 294 g/mol. The van der Waals surface area contributed by atoms with Crippen molar-refractivity contribution >= 4 is 17.4 Å². The number of nitrogens with one attached hydrogen (secondary N) is 1. The Bertz CT molecular complexity index is 549. The molecule has 1 aromatic rings. The Balaban J connectivity index is 2.19. The molecule has 2 atom stereocenters. The Kier molecular flexibility index (Phi) is 4.69. The first-order chi connectivity index (χ1) is 10.0. The van der Waals surface area contributed by atoms with Crippen LogP contribution in [0.4, 0.5) is 11.5 Å². The van der Waals surface area contributed by atoms with Gasteiger partial charge in [0.05, 0.1) is 16.6 Å². The molecule has 3 N–H and O–H groups in total. The number of amides is 1. The van der Waals surface area contributed by atoms with Gasteiger partial charge in [-0.1, -0.05) is 0 Å². The number of carbonyl (C=O) groups excluding carboxylic acids is 1. The third kappa shape index (κ3) is 3.66. The third-order valence-corrected chi connectivity index (χ3v) is 3.65. The summed E-state index contributed by atoms with van der Waals surface area (Å²) in [6, 6.07) is 1.25. The lowest BCUT2D eigenvalue weighted by atomic mass is 9.92. The third-order valence-electron chi connectivity index (χ3n) is 3.65. The lowest BCUT2D eigenvalue weighted by Gasteiger charge is -2.29. The fraction of sp³-hybridized carbons (Fsp3) is 0.538. The van der Waals surface area contributed by atoms with Crippen molar-refractivity contribution in [3.63, 3.8) is 0 Å². The minimum absolute atomic E-state index is 0.0312. The maximum absolute atomic E-state index is 11.5. The van der Waals surface area contributed by atoms with Crippen LogP contribution in [-0.4, -0.2) is 35.1 Å². The Morgan fingerprint density at radius 1 is 1.57 bits per heavy atom. The van der Waals surface area contributed by atoms with E-state index < -0.39 is 10.8 Å². The first-order valence-corrected chi connectivity index (χ1v) is 6.75. The quantitative estimate of drug-likeness (QED) is 0.626. The van der Waals surface area contributed by atoms with Crippen molar-refractivity contribution in [2.45, 2.75) is 37.8 Å². The lowest BCUT2D eigenvalue weighted by Crippen LogP contribution is -2.32.